The number of methoxy groups -OCH3 is 1. The van der Waals surface area contributed by atoms with E-state index in [1.165, 1.54) is 23.5 Å². The highest BCUT2D eigenvalue weighted by molar-refractivity contribution is 7.91. The van der Waals surface area contributed by atoms with Crippen molar-refractivity contribution in [2.24, 2.45) is 0 Å². The molecule has 3 rings (SSSR count). The maximum atomic E-state index is 12.3. The molecule has 0 saturated heterocycles. The summed E-state index contributed by atoms with van der Waals surface area (Å²) in [6.07, 6.45) is 0.138. The molecule has 0 spiro atoms. The van der Waals surface area contributed by atoms with Gasteiger partial charge in [-0.25, -0.2) is 13.4 Å². The van der Waals surface area contributed by atoms with Gasteiger partial charge in [-0.1, -0.05) is 36.5 Å². The summed E-state index contributed by atoms with van der Waals surface area (Å²) in [7, 11) is -1.66. The number of carbonyl (C=O) groups is 1. The van der Waals surface area contributed by atoms with Gasteiger partial charge < -0.3 is 10.1 Å². The lowest BCUT2D eigenvalue weighted by Gasteiger charge is -2.04. The normalized spacial score (nSPS) is 11.5. The summed E-state index contributed by atoms with van der Waals surface area (Å²) in [4.78, 5) is 16.9. The van der Waals surface area contributed by atoms with Gasteiger partial charge in [-0.05, 0) is 29.8 Å². The third kappa shape index (κ3) is 3.86. The number of hydrogen-bond acceptors (Lipinski definition) is 6. The monoisotopic (exact) mass is 390 g/mol. The van der Waals surface area contributed by atoms with Crippen molar-refractivity contribution in [3.8, 4) is 5.75 Å². The lowest BCUT2D eigenvalue weighted by Crippen LogP contribution is -2.14. The van der Waals surface area contributed by atoms with Crippen molar-refractivity contribution in [3.05, 3.63) is 48.0 Å². The van der Waals surface area contributed by atoms with Crippen molar-refractivity contribution >= 4 is 42.4 Å². The molecule has 0 atom stereocenters. The fourth-order valence-corrected chi connectivity index (χ4v) is 4.26. The zero-order valence-corrected chi connectivity index (χ0v) is 16.0. The van der Waals surface area contributed by atoms with Gasteiger partial charge >= 0.3 is 0 Å². The molecule has 0 bridgehead atoms. The van der Waals surface area contributed by atoms with Crippen LogP contribution in [0.3, 0.4) is 0 Å². The van der Waals surface area contributed by atoms with E-state index in [4.69, 9.17) is 4.74 Å². The fourth-order valence-electron chi connectivity index (χ4n) is 2.47. The van der Waals surface area contributed by atoms with E-state index < -0.39 is 9.84 Å². The molecule has 1 aromatic heterocycles. The molecule has 1 amide bonds. The number of benzene rings is 2. The molecule has 0 radical (unpaired) electrons. The third-order valence-corrected chi connectivity index (χ3v) is 6.56. The first-order chi connectivity index (χ1) is 12.4. The quantitative estimate of drug-likeness (QED) is 0.698. The number of thiazole rings is 1. The summed E-state index contributed by atoms with van der Waals surface area (Å²) in [5, 5.41) is 3.28. The van der Waals surface area contributed by atoms with E-state index >= 15 is 0 Å². The average Bonchev–Trinajstić information content (AvgIpc) is 3.04. The molecule has 0 saturated carbocycles. The van der Waals surface area contributed by atoms with Gasteiger partial charge in [0.2, 0.25) is 5.91 Å². The van der Waals surface area contributed by atoms with Crippen molar-refractivity contribution in [1.29, 1.82) is 0 Å². The molecule has 0 aliphatic carbocycles. The van der Waals surface area contributed by atoms with Crippen molar-refractivity contribution in [1.82, 2.24) is 4.98 Å². The van der Waals surface area contributed by atoms with Crippen LogP contribution in [-0.4, -0.2) is 32.2 Å². The Kier molecular flexibility index (Phi) is 5.24. The van der Waals surface area contributed by atoms with Crippen molar-refractivity contribution in [3.63, 3.8) is 0 Å². The topological polar surface area (TPSA) is 85.4 Å². The number of nitrogens with one attached hydrogen (secondary N) is 1. The van der Waals surface area contributed by atoms with Gasteiger partial charge in [0, 0.05) is 0 Å². The zero-order chi connectivity index (χ0) is 18.7. The van der Waals surface area contributed by atoms with E-state index in [0.29, 0.717) is 16.4 Å². The van der Waals surface area contributed by atoms with Gasteiger partial charge in [0.25, 0.3) is 0 Å². The summed E-state index contributed by atoms with van der Waals surface area (Å²) >= 11 is 1.37. The van der Waals surface area contributed by atoms with Gasteiger partial charge in [0.1, 0.15) is 11.3 Å². The maximum Gasteiger partial charge on any atom is 0.230 e. The predicted octanol–water partition coefficient (Wildman–Crippen LogP) is 3.28. The summed E-state index contributed by atoms with van der Waals surface area (Å²) in [6, 6.07) is 12.0. The molecule has 1 N–H and O–H groups in total. The van der Waals surface area contributed by atoms with Crippen LogP contribution < -0.4 is 10.1 Å². The van der Waals surface area contributed by atoms with Crippen molar-refractivity contribution in [2.45, 2.75) is 18.2 Å². The van der Waals surface area contributed by atoms with Gasteiger partial charge in [-0.15, -0.1) is 0 Å². The second kappa shape index (κ2) is 7.43. The van der Waals surface area contributed by atoms with Crippen LogP contribution in [0.4, 0.5) is 5.13 Å². The number of hydrogen-bond donors (Lipinski definition) is 1. The fraction of sp³-hybridized carbons (Fsp3) is 0.222. The second-order valence-corrected chi connectivity index (χ2v) is 8.91. The number of carbonyl (C=O) groups excluding carboxylic acids is 1. The number of anilines is 1. The molecule has 0 aliphatic heterocycles. The molecular formula is C18H18N2O4S2. The standard InChI is InChI=1S/C18H18N2O4S2/c1-3-26(22,23)13-9-7-12(8-10-13)11-16(21)19-18-20-17-14(24-2)5-4-6-15(17)25-18/h4-10H,3,11H2,1-2H3,(H,19,20,21). The van der Waals surface area contributed by atoms with Crippen LogP contribution >= 0.6 is 11.3 Å². The van der Waals surface area contributed by atoms with Crippen LogP contribution in [0.1, 0.15) is 12.5 Å². The Balaban J connectivity index is 1.71. The number of amides is 1. The number of aromatic nitrogens is 1. The number of sulfone groups is 1. The summed E-state index contributed by atoms with van der Waals surface area (Å²) in [6.45, 7) is 1.60. The number of para-hydroxylation sites is 1. The van der Waals surface area contributed by atoms with Crippen molar-refractivity contribution in [2.75, 3.05) is 18.2 Å². The predicted molar refractivity (Wildman–Crippen MR) is 103 cm³/mol. The highest BCUT2D eigenvalue weighted by atomic mass is 32.2. The van der Waals surface area contributed by atoms with E-state index in [-0.39, 0.29) is 23.0 Å². The number of fused-ring (bicyclic) bond motifs is 1. The summed E-state index contributed by atoms with van der Waals surface area (Å²) in [5.41, 5.74) is 1.45. The molecule has 136 valence electrons. The first-order valence-corrected chi connectivity index (χ1v) is 10.4. The van der Waals surface area contributed by atoms with Gasteiger partial charge in [-0.2, -0.15) is 0 Å². The molecule has 26 heavy (non-hydrogen) atoms. The van der Waals surface area contributed by atoms with Crippen LogP contribution in [-0.2, 0) is 21.1 Å². The minimum Gasteiger partial charge on any atom is -0.494 e. The van der Waals surface area contributed by atoms with Crippen LogP contribution in [0.2, 0.25) is 0 Å². The van der Waals surface area contributed by atoms with Crippen LogP contribution in [0.5, 0.6) is 5.75 Å². The Morgan fingerprint density at radius 2 is 1.92 bits per heavy atom. The third-order valence-electron chi connectivity index (χ3n) is 3.88. The molecule has 8 heteroatoms. The average molecular weight is 390 g/mol. The molecule has 0 aliphatic rings. The summed E-state index contributed by atoms with van der Waals surface area (Å²) < 4.78 is 29.8. The van der Waals surface area contributed by atoms with E-state index in [0.717, 1.165) is 10.3 Å². The molecule has 0 fully saturated rings. The summed E-state index contributed by atoms with van der Waals surface area (Å²) in [5.74, 6) is 0.495. The van der Waals surface area contributed by atoms with E-state index in [1.54, 1.807) is 26.2 Å². The van der Waals surface area contributed by atoms with Crippen LogP contribution in [0.15, 0.2) is 47.4 Å². The highest BCUT2D eigenvalue weighted by Crippen LogP contribution is 2.32. The molecule has 3 aromatic rings. The smallest absolute Gasteiger partial charge is 0.230 e. The van der Waals surface area contributed by atoms with Gasteiger partial charge in [0.05, 0.1) is 28.9 Å². The van der Waals surface area contributed by atoms with Crippen molar-refractivity contribution < 1.29 is 17.9 Å². The Bertz CT molecular complexity index is 1040. The Hall–Kier alpha value is -2.45. The second-order valence-electron chi connectivity index (χ2n) is 5.60. The number of nitrogens with zero attached hydrogens (tertiary/aromatic N) is 1. The van der Waals surface area contributed by atoms with Crippen LogP contribution in [0, 0.1) is 0 Å². The Morgan fingerprint density at radius 3 is 2.58 bits per heavy atom. The van der Waals surface area contributed by atoms with E-state index in [9.17, 15) is 13.2 Å². The molecule has 2 aromatic carbocycles. The molecular weight excluding hydrogens is 372 g/mol. The molecule has 1 heterocycles. The van der Waals surface area contributed by atoms with Crippen LogP contribution in [0.25, 0.3) is 10.2 Å². The minimum absolute atomic E-state index is 0.0495. The first-order valence-electron chi connectivity index (χ1n) is 7.98. The number of ether oxygens (including phenoxy) is 1. The largest absolute Gasteiger partial charge is 0.494 e. The SMILES string of the molecule is CCS(=O)(=O)c1ccc(CC(=O)Nc2nc3c(OC)cccc3s2)cc1. The van der Waals surface area contributed by atoms with E-state index in [2.05, 4.69) is 10.3 Å². The highest BCUT2D eigenvalue weighted by Gasteiger charge is 2.13. The van der Waals surface area contributed by atoms with Gasteiger partial charge in [0.15, 0.2) is 15.0 Å². The first kappa shape index (κ1) is 18.3. The zero-order valence-electron chi connectivity index (χ0n) is 14.4. The number of rotatable bonds is 6. The molecule has 6 nitrogen and oxygen atoms in total. The van der Waals surface area contributed by atoms with E-state index in [1.807, 2.05) is 18.2 Å². The lowest BCUT2D eigenvalue weighted by atomic mass is 10.1. The minimum atomic E-state index is -3.23. The Morgan fingerprint density at radius 1 is 1.19 bits per heavy atom. The Labute approximate surface area is 155 Å². The lowest BCUT2D eigenvalue weighted by molar-refractivity contribution is -0.115. The maximum absolute atomic E-state index is 12.3. The van der Waals surface area contributed by atoms with Gasteiger partial charge in [-0.3, -0.25) is 4.79 Å². The molecule has 0 unspecified atom stereocenters.